The lowest BCUT2D eigenvalue weighted by molar-refractivity contribution is 0.0926. The Labute approximate surface area is 171 Å². The Morgan fingerprint density at radius 3 is 2.90 bits per heavy atom. The summed E-state index contributed by atoms with van der Waals surface area (Å²) in [6.07, 6.45) is 5.07. The number of pyridine rings is 1. The molecule has 8 heteroatoms. The van der Waals surface area contributed by atoms with Crippen LogP contribution in [0.1, 0.15) is 16.4 Å². The number of para-hydroxylation sites is 1. The highest BCUT2D eigenvalue weighted by molar-refractivity contribution is 6.06. The Morgan fingerprint density at radius 1 is 1.13 bits per heavy atom. The van der Waals surface area contributed by atoms with Crippen molar-refractivity contribution in [1.82, 2.24) is 25.1 Å². The molecular formula is C22H19N5O3. The van der Waals surface area contributed by atoms with Gasteiger partial charge in [0.1, 0.15) is 6.04 Å². The van der Waals surface area contributed by atoms with E-state index in [2.05, 4.69) is 20.4 Å². The monoisotopic (exact) mass is 401 g/mol. The van der Waals surface area contributed by atoms with Gasteiger partial charge in [0, 0.05) is 41.1 Å². The molecule has 1 aliphatic rings. The van der Waals surface area contributed by atoms with Crippen LogP contribution < -0.4 is 10.9 Å². The Kier molecular flexibility index (Phi) is 4.61. The second-order valence-corrected chi connectivity index (χ2v) is 7.18. The van der Waals surface area contributed by atoms with Crippen molar-refractivity contribution >= 4 is 16.8 Å². The zero-order valence-corrected chi connectivity index (χ0v) is 16.0. The molecule has 3 aromatic heterocycles. The van der Waals surface area contributed by atoms with Gasteiger partial charge in [0.05, 0.1) is 30.5 Å². The summed E-state index contributed by atoms with van der Waals surface area (Å²) in [7, 11) is 0. The van der Waals surface area contributed by atoms with Crippen LogP contribution in [0.25, 0.3) is 22.2 Å². The normalized spacial score (nSPS) is 18.5. The van der Waals surface area contributed by atoms with Gasteiger partial charge in [-0.3, -0.25) is 14.6 Å². The molecule has 150 valence electrons. The number of H-pyrrole nitrogens is 1. The number of nitrogens with one attached hydrogen (secondary N) is 2. The number of carbonyl (C=O) groups is 1. The lowest BCUT2D eigenvalue weighted by Gasteiger charge is -2.20. The highest BCUT2D eigenvalue weighted by Gasteiger charge is 2.33. The number of nitrogens with zero attached hydrogens (tertiary/aromatic N) is 3. The van der Waals surface area contributed by atoms with Crippen molar-refractivity contribution in [1.29, 1.82) is 0 Å². The molecular weight excluding hydrogens is 382 g/mol. The van der Waals surface area contributed by atoms with E-state index >= 15 is 0 Å². The van der Waals surface area contributed by atoms with E-state index in [1.165, 1.54) is 10.7 Å². The van der Waals surface area contributed by atoms with E-state index in [4.69, 9.17) is 4.74 Å². The summed E-state index contributed by atoms with van der Waals surface area (Å²) in [5.74, 6) is -0.218. The van der Waals surface area contributed by atoms with Crippen LogP contribution in [0.15, 0.2) is 71.9 Å². The largest absolute Gasteiger partial charge is 0.377 e. The highest BCUT2D eigenvalue weighted by atomic mass is 16.5. The van der Waals surface area contributed by atoms with Crippen LogP contribution in [0.4, 0.5) is 0 Å². The van der Waals surface area contributed by atoms with Gasteiger partial charge in [-0.05, 0) is 24.3 Å². The maximum Gasteiger partial charge on any atom is 0.267 e. The van der Waals surface area contributed by atoms with E-state index in [-0.39, 0.29) is 17.5 Å². The molecule has 1 fully saturated rings. The minimum atomic E-state index is -0.400. The number of hydrogen-bond acceptors (Lipinski definition) is 5. The number of aromatic nitrogens is 4. The molecule has 1 saturated heterocycles. The smallest absolute Gasteiger partial charge is 0.267 e. The molecule has 4 heterocycles. The number of benzene rings is 1. The molecule has 1 aromatic carbocycles. The summed E-state index contributed by atoms with van der Waals surface area (Å²) in [5.41, 5.74) is 2.65. The number of fused-ring (bicyclic) bond motifs is 1. The van der Waals surface area contributed by atoms with Crippen LogP contribution in [0.5, 0.6) is 0 Å². The summed E-state index contributed by atoms with van der Waals surface area (Å²) in [6, 6.07) is 13.7. The van der Waals surface area contributed by atoms with Gasteiger partial charge in [0.2, 0.25) is 0 Å². The molecule has 5 rings (SSSR count). The average Bonchev–Trinajstić information content (AvgIpc) is 3.42. The van der Waals surface area contributed by atoms with Crippen LogP contribution in [0.3, 0.4) is 0 Å². The maximum absolute atomic E-state index is 12.9. The molecule has 8 nitrogen and oxygen atoms in total. The van der Waals surface area contributed by atoms with Crippen molar-refractivity contribution in [2.75, 3.05) is 13.2 Å². The summed E-state index contributed by atoms with van der Waals surface area (Å²) < 4.78 is 6.99. The first-order valence-corrected chi connectivity index (χ1v) is 9.66. The molecule has 0 saturated carbocycles. The first-order chi connectivity index (χ1) is 14.7. The number of ether oxygens (including phenoxy) is 1. The summed E-state index contributed by atoms with van der Waals surface area (Å²) >= 11 is 0. The van der Waals surface area contributed by atoms with Gasteiger partial charge < -0.3 is 15.0 Å². The van der Waals surface area contributed by atoms with Crippen molar-refractivity contribution in [2.45, 2.75) is 12.1 Å². The minimum Gasteiger partial charge on any atom is -0.377 e. The number of amides is 1. The topological polar surface area (TPSA) is 102 Å². The molecule has 4 aromatic rings. The number of rotatable bonds is 4. The van der Waals surface area contributed by atoms with Gasteiger partial charge in [-0.1, -0.05) is 18.2 Å². The van der Waals surface area contributed by atoms with Crippen LogP contribution in [-0.4, -0.2) is 44.9 Å². The molecule has 0 spiro atoms. The lowest BCUT2D eigenvalue weighted by Crippen LogP contribution is -2.44. The van der Waals surface area contributed by atoms with Crippen LogP contribution in [0, 0.1) is 0 Å². The maximum atomic E-state index is 12.9. The average molecular weight is 401 g/mol. The quantitative estimate of drug-likeness (QED) is 0.546. The third kappa shape index (κ3) is 3.27. The fraction of sp³-hybridized carbons (Fsp3) is 0.182. The zero-order valence-electron chi connectivity index (χ0n) is 16.0. The summed E-state index contributed by atoms with van der Waals surface area (Å²) in [5, 5.41) is 8.38. The van der Waals surface area contributed by atoms with Gasteiger partial charge in [-0.25, -0.2) is 4.68 Å². The SMILES string of the molecule is O=C(NC1COCC1n1nc(-c2cccnc2)ccc1=O)c1c[nH]c2ccccc12. The van der Waals surface area contributed by atoms with Gasteiger partial charge >= 0.3 is 0 Å². The second-order valence-electron chi connectivity index (χ2n) is 7.18. The van der Waals surface area contributed by atoms with Crippen LogP contribution in [0.2, 0.25) is 0 Å². The molecule has 1 amide bonds. The van der Waals surface area contributed by atoms with E-state index in [0.29, 0.717) is 24.5 Å². The van der Waals surface area contributed by atoms with E-state index < -0.39 is 6.04 Å². The second kappa shape index (κ2) is 7.57. The predicted octanol–water partition coefficient (Wildman–Crippen LogP) is 2.16. The van der Waals surface area contributed by atoms with Crippen molar-refractivity contribution in [3.63, 3.8) is 0 Å². The van der Waals surface area contributed by atoms with E-state index in [1.807, 2.05) is 36.4 Å². The first kappa shape index (κ1) is 18.3. The summed E-state index contributed by atoms with van der Waals surface area (Å²) in [6.45, 7) is 0.603. The molecule has 2 N–H and O–H groups in total. The van der Waals surface area contributed by atoms with Gasteiger partial charge in [-0.2, -0.15) is 5.10 Å². The van der Waals surface area contributed by atoms with Crippen molar-refractivity contribution in [3.8, 4) is 11.3 Å². The highest BCUT2D eigenvalue weighted by Crippen LogP contribution is 2.22. The number of hydrogen-bond donors (Lipinski definition) is 2. The van der Waals surface area contributed by atoms with Crippen LogP contribution >= 0.6 is 0 Å². The molecule has 1 aliphatic heterocycles. The third-order valence-electron chi connectivity index (χ3n) is 5.30. The third-order valence-corrected chi connectivity index (χ3v) is 5.30. The van der Waals surface area contributed by atoms with E-state index in [0.717, 1.165) is 16.5 Å². The fourth-order valence-electron chi connectivity index (χ4n) is 3.76. The minimum absolute atomic E-state index is 0.218. The zero-order chi connectivity index (χ0) is 20.5. The summed E-state index contributed by atoms with van der Waals surface area (Å²) in [4.78, 5) is 32.7. The van der Waals surface area contributed by atoms with Gasteiger partial charge in [0.15, 0.2) is 0 Å². The molecule has 0 bridgehead atoms. The van der Waals surface area contributed by atoms with Crippen molar-refractivity contribution < 1.29 is 9.53 Å². The van der Waals surface area contributed by atoms with Gasteiger partial charge in [-0.15, -0.1) is 0 Å². The molecule has 0 aliphatic carbocycles. The van der Waals surface area contributed by atoms with Crippen molar-refractivity contribution in [3.05, 3.63) is 83.0 Å². The molecule has 0 radical (unpaired) electrons. The fourth-order valence-corrected chi connectivity index (χ4v) is 3.76. The standard InChI is InChI=1S/C22H19N5O3/c28-21-8-7-17(14-4-3-9-23-10-14)26-27(21)20-13-30-12-19(20)25-22(29)16-11-24-18-6-2-1-5-15(16)18/h1-11,19-20,24H,12-13H2,(H,25,29). The Bertz CT molecular complexity index is 1260. The van der Waals surface area contributed by atoms with E-state index in [1.54, 1.807) is 24.7 Å². The van der Waals surface area contributed by atoms with Crippen molar-refractivity contribution in [2.24, 2.45) is 0 Å². The predicted molar refractivity (Wildman–Crippen MR) is 111 cm³/mol. The lowest BCUT2D eigenvalue weighted by atomic mass is 10.1. The first-order valence-electron chi connectivity index (χ1n) is 9.66. The molecule has 2 unspecified atom stereocenters. The number of carbonyl (C=O) groups excluding carboxylic acids is 1. The Morgan fingerprint density at radius 2 is 2.03 bits per heavy atom. The Hall–Kier alpha value is -3.78. The van der Waals surface area contributed by atoms with Crippen LogP contribution in [-0.2, 0) is 4.74 Å². The van der Waals surface area contributed by atoms with Gasteiger partial charge in [0.25, 0.3) is 11.5 Å². The molecule has 30 heavy (non-hydrogen) atoms. The number of aromatic amines is 1. The van der Waals surface area contributed by atoms with E-state index in [9.17, 15) is 9.59 Å². The Balaban J connectivity index is 1.43. The molecule has 2 atom stereocenters.